The van der Waals surface area contributed by atoms with Crippen LogP contribution in [0.15, 0.2) is 23.1 Å². The van der Waals surface area contributed by atoms with Gasteiger partial charge in [0.1, 0.15) is 5.54 Å². The predicted molar refractivity (Wildman–Crippen MR) is 70.0 cm³/mol. The molecule has 0 saturated carbocycles. The van der Waals surface area contributed by atoms with Gasteiger partial charge in [0.2, 0.25) is 5.91 Å². The zero-order valence-electron chi connectivity index (χ0n) is 11.3. The van der Waals surface area contributed by atoms with E-state index in [-0.39, 0.29) is 24.4 Å². The van der Waals surface area contributed by atoms with Crippen LogP contribution in [0.1, 0.15) is 25.8 Å². The second kappa shape index (κ2) is 5.69. The molecule has 1 amide bonds. The number of aliphatic carboxylic acids is 1. The lowest BCUT2D eigenvalue weighted by molar-refractivity contribution is -0.137. The predicted octanol–water partition coefficient (Wildman–Crippen LogP) is 0.483. The van der Waals surface area contributed by atoms with Crippen LogP contribution >= 0.6 is 0 Å². The highest BCUT2D eigenvalue weighted by Gasteiger charge is 2.30. The van der Waals surface area contributed by atoms with E-state index in [4.69, 9.17) is 5.11 Å². The van der Waals surface area contributed by atoms with Gasteiger partial charge in [-0.15, -0.1) is 0 Å². The molecule has 104 valence electrons. The lowest BCUT2D eigenvalue weighted by atomic mass is 10.0. The molecule has 1 aromatic rings. The molecular formula is C13H18N2O4. The number of hydrogen-bond donors (Lipinski definition) is 2. The highest BCUT2D eigenvalue weighted by molar-refractivity contribution is 5.84. The van der Waals surface area contributed by atoms with Gasteiger partial charge in [-0.05, 0) is 26.3 Å². The number of carbonyl (C=O) groups is 2. The van der Waals surface area contributed by atoms with Gasteiger partial charge in [0, 0.05) is 18.8 Å². The van der Waals surface area contributed by atoms with Crippen molar-refractivity contribution in [2.24, 2.45) is 0 Å². The number of amides is 1. The highest BCUT2D eigenvalue weighted by atomic mass is 16.4. The molecule has 0 aliphatic carbocycles. The van der Waals surface area contributed by atoms with Crippen molar-refractivity contribution in [1.29, 1.82) is 0 Å². The molecule has 1 rings (SSSR count). The van der Waals surface area contributed by atoms with Crippen molar-refractivity contribution in [1.82, 2.24) is 9.88 Å². The first kappa shape index (κ1) is 14.9. The van der Waals surface area contributed by atoms with E-state index in [1.165, 1.54) is 10.6 Å². The third-order valence-electron chi connectivity index (χ3n) is 2.84. The number of nitrogens with one attached hydrogen (secondary N) is 1. The Balaban J connectivity index is 2.90. The summed E-state index contributed by atoms with van der Waals surface area (Å²) in [6.45, 7) is 5.10. The first-order chi connectivity index (χ1) is 8.75. The Kier molecular flexibility index (Phi) is 4.47. The Bertz CT molecular complexity index is 546. The van der Waals surface area contributed by atoms with Crippen molar-refractivity contribution >= 4 is 11.9 Å². The van der Waals surface area contributed by atoms with Crippen molar-refractivity contribution in [3.63, 3.8) is 0 Å². The minimum absolute atomic E-state index is 0.0398. The minimum Gasteiger partial charge on any atom is -0.481 e. The maximum Gasteiger partial charge on any atom is 0.305 e. The Labute approximate surface area is 111 Å². The summed E-state index contributed by atoms with van der Waals surface area (Å²) in [5.41, 5.74) is -0.475. The van der Waals surface area contributed by atoms with E-state index < -0.39 is 11.5 Å². The van der Waals surface area contributed by atoms with Crippen LogP contribution in [-0.4, -0.2) is 28.1 Å². The number of aromatic nitrogens is 1. The number of carboxylic acids is 1. The van der Waals surface area contributed by atoms with Gasteiger partial charge in [-0.25, -0.2) is 0 Å². The van der Waals surface area contributed by atoms with Crippen LogP contribution in [0, 0.1) is 6.92 Å². The molecule has 0 unspecified atom stereocenters. The van der Waals surface area contributed by atoms with Crippen molar-refractivity contribution < 1.29 is 14.7 Å². The van der Waals surface area contributed by atoms with Gasteiger partial charge in [-0.2, -0.15) is 0 Å². The molecule has 0 spiro atoms. The van der Waals surface area contributed by atoms with Crippen LogP contribution in [0.4, 0.5) is 0 Å². The molecule has 1 aromatic heterocycles. The van der Waals surface area contributed by atoms with Crippen LogP contribution in [0.25, 0.3) is 0 Å². The van der Waals surface area contributed by atoms with Gasteiger partial charge in [-0.3, -0.25) is 14.4 Å². The molecule has 2 N–H and O–H groups in total. The van der Waals surface area contributed by atoms with E-state index in [0.29, 0.717) is 0 Å². The van der Waals surface area contributed by atoms with Gasteiger partial charge in [-0.1, -0.05) is 6.07 Å². The summed E-state index contributed by atoms with van der Waals surface area (Å²) in [5.74, 6) is -1.37. The van der Waals surface area contributed by atoms with E-state index in [2.05, 4.69) is 5.32 Å². The fourth-order valence-electron chi connectivity index (χ4n) is 1.64. The standard InChI is InChI=1S/C13H18N2O4/c1-9-4-5-10(16)15(8-9)13(2,3)12(19)14-7-6-11(17)18/h4-5,8H,6-7H2,1-3H3,(H,14,19)(H,17,18). The van der Waals surface area contributed by atoms with E-state index in [1.807, 2.05) is 6.92 Å². The molecule has 0 saturated heterocycles. The minimum atomic E-state index is -1.07. The molecular weight excluding hydrogens is 248 g/mol. The van der Waals surface area contributed by atoms with E-state index >= 15 is 0 Å². The maximum atomic E-state index is 12.0. The third kappa shape index (κ3) is 3.67. The summed E-state index contributed by atoms with van der Waals surface area (Å²) in [6, 6.07) is 3.08. The summed E-state index contributed by atoms with van der Waals surface area (Å²) < 4.78 is 1.35. The van der Waals surface area contributed by atoms with Crippen LogP contribution in [0.5, 0.6) is 0 Å². The van der Waals surface area contributed by atoms with Gasteiger partial charge >= 0.3 is 5.97 Å². The Morgan fingerprint density at radius 1 is 1.37 bits per heavy atom. The third-order valence-corrected chi connectivity index (χ3v) is 2.84. The summed E-state index contributed by atoms with van der Waals surface area (Å²) >= 11 is 0. The number of hydrogen-bond acceptors (Lipinski definition) is 3. The molecule has 0 bridgehead atoms. The smallest absolute Gasteiger partial charge is 0.305 e. The average Bonchev–Trinajstić information content (AvgIpc) is 2.31. The molecule has 6 heteroatoms. The number of aryl methyl sites for hydroxylation is 1. The van der Waals surface area contributed by atoms with Gasteiger partial charge in [0.15, 0.2) is 0 Å². The second-order valence-electron chi connectivity index (χ2n) is 4.87. The normalized spacial score (nSPS) is 11.1. The molecule has 1 heterocycles. The Morgan fingerprint density at radius 2 is 2.00 bits per heavy atom. The van der Waals surface area contributed by atoms with Gasteiger partial charge < -0.3 is 15.0 Å². The summed E-state index contributed by atoms with van der Waals surface area (Å²) in [4.78, 5) is 34.2. The van der Waals surface area contributed by atoms with Crippen LogP contribution < -0.4 is 10.9 Å². The van der Waals surface area contributed by atoms with Crippen molar-refractivity contribution in [2.75, 3.05) is 6.54 Å². The van der Waals surface area contributed by atoms with E-state index in [0.717, 1.165) is 5.56 Å². The Morgan fingerprint density at radius 3 is 2.58 bits per heavy atom. The molecule has 0 aliphatic rings. The molecule has 6 nitrogen and oxygen atoms in total. The lowest BCUT2D eigenvalue weighted by Gasteiger charge is -2.26. The monoisotopic (exact) mass is 266 g/mol. The largest absolute Gasteiger partial charge is 0.481 e. The molecule has 0 atom stereocenters. The topological polar surface area (TPSA) is 88.4 Å². The van der Waals surface area contributed by atoms with Crippen molar-refractivity contribution in [2.45, 2.75) is 32.7 Å². The molecule has 0 aliphatic heterocycles. The summed E-state index contributed by atoms with van der Waals surface area (Å²) in [6.07, 6.45) is 1.46. The first-order valence-electron chi connectivity index (χ1n) is 5.95. The summed E-state index contributed by atoms with van der Waals surface area (Å²) in [7, 11) is 0. The number of rotatable bonds is 5. The SMILES string of the molecule is Cc1ccc(=O)n(C(C)(C)C(=O)NCCC(=O)O)c1. The fraction of sp³-hybridized carbons (Fsp3) is 0.462. The Hall–Kier alpha value is -2.11. The van der Waals surface area contributed by atoms with Crippen molar-refractivity contribution in [3.05, 3.63) is 34.2 Å². The van der Waals surface area contributed by atoms with Crippen LogP contribution in [-0.2, 0) is 15.1 Å². The van der Waals surface area contributed by atoms with E-state index in [9.17, 15) is 14.4 Å². The second-order valence-corrected chi connectivity index (χ2v) is 4.87. The number of nitrogens with zero attached hydrogens (tertiary/aromatic N) is 1. The first-order valence-corrected chi connectivity index (χ1v) is 5.95. The number of carboxylic acid groups (broad SMARTS) is 1. The number of pyridine rings is 1. The summed E-state index contributed by atoms with van der Waals surface area (Å²) in [5, 5.41) is 11.0. The van der Waals surface area contributed by atoms with E-state index in [1.54, 1.807) is 26.1 Å². The highest BCUT2D eigenvalue weighted by Crippen LogP contribution is 2.13. The zero-order valence-corrected chi connectivity index (χ0v) is 11.3. The molecule has 0 fully saturated rings. The molecule has 0 radical (unpaired) electrons. The fourth-order valence-corrected chi connectivity index (χ4v) is 1.64. The maximum absolute atomic E-state index is 12.0. The van der Waals surface area contributed by atoms with Crippen LogP contribution in [0.3, 0.4) is 0 Å². The zero-order chi connectivity index (χ0) is 14.6. The molecule has 19 heavy (non-hydrogen) atoms. The van der Waals surface area contributed by atoms with Crippen LogP contribution in [0.2, 0.25) is 0 Å². The average molecular weight is 266 g/mol. The van der Waals surface area contributed by atoms with Gasteiger partial charge in [0.25, 0.3) is 5.56 Å². The number of carbonyl (C=O) groups excluding carboxylic acids is 1. The van der Waals surface area contributed by atoms with Gasteiger partial charge in [0.05, 0.1) is 6.42 Å². The molecule has 0 aromatic carbocycles. The lowest BCUT2D eigenvalue weighted by Crippen LogP contribution is -2.48. The quantitative estimate of drug-likeness (QED) is 0.811. The van der Waals surface area contributed by atoms with Crippen molar-refractivity contribution in [3.8, 4) is 0 Å².